The fraction of sp³-hybridized carbons (Fsp3) is 0.167. The molecule has 0 amide bonds. The van der Waals surface area contributed by atoms with E-state index in [-0.39, 0.29) is 0 Å². The molecule has 0 radical (unpaired) electrons. The van der Waals surface area contributed by atoms with Gasteiger partial charge in [0, 0.05) is 11.1 Å². The quantitative estimate of drug-likeness (QED) is 0.785. The number of anilines is 1. The Morgan fingerprint density at radius 1 is 1.32 bits per heavy atom. The number of aryl methyl sites for hydroxylation is 1. The number of thiazole rings is 1. The summed E-state index contributed by atoms with van der Waals surface area (Å²) < 4.78 is 5.18. The van der Waals surface area contributed by atoms with E-state index in [0.29, 0.717) is 29.5 Å². The van der Waals surface area contributed by atoms with E-state index in [1.54, 1.807) is 29.7 Å². The largest absolute Gasteiger partial charge is 0.397 e. The van der Waals surface area contributed by atoms with Crippen LogP contribution in [-0.4, -0.2) is 20.1 Å². The third kappa shape index (κ3) is 2.60. The highest BCUT2D eigenvalue weighted by Crippen LogP contribution is 2.17. The van der Waals surface area contributed by atoms with Gasteiger partial charge >= 0.3 is 0 Å². The van der Waals surface area contributed by atoms with Gasteiger partial charge < -0.3 is 10.3 Å². The molecule has 6 nitrogen and oxygen atoms in total. The van der Waals surface area contributed by atoms with Crippen LogP contribution >= 0.6 is 11.3 Å². The van der Waals surface area contributed by atoms with Crippen LogP contribution in [-0.2, 0) is 6.42 Å². The average Bonchev–Trinajstić information content (AvgIpc) is 3.00. The third-order valence-corrected chi connectivity index (χ3v) is 3.42. The van der Waals surface area contributed by atoms with E-state index in [9.17, 15) is 0 Å². The number of hydrogen-bond donors (Lipinski definition) is 1. The van der Waals surface area contributed by atoms with E-state index >= 15 is 0 Å². The second-order valence-electron chi connectivity index (χ2n) is 4.05. The van der Waals surface area contributed by atoms with Crippen molar-refractivity contribution in [3.63, 3.8) is 0 Å². The molecule has 0 aliphatic heterocycles. The van der Waals surface area contributed by atoms with Crippen LogP contribution in [0.15, 0.2) is 28.2 Å². The van der Waals surface area contributed by atoms with E-state index < -0.39 is 0 Å². The topological polar surface area (TPSA) is 90.7 Å². The molecular weight excluding hydrogens is 262 g/mol. The lowest BCUT2D eigenvalue weighted by Gasteiger charge is -1.93. The molecule has 0 spiro atoms. The zero-order chi connectivity index (χ0) is 13.2. The van der Waals surface area contributed by atoms with Crippen LogP contribution in [0.3, 0.4) is 0 Å². The van der Waals surface area contributed by atoms with Gasteiger partial charge in [0.15, 0.2) is 5.82 Å². The Morgan fingerprint density at radius 3 is 2.89 bits per heavy atom. The van der Waals surface area contributed by atoms with Crippen molar-refractivity contribution in [1.82, 2.24) is 20.1 Å². The number of hydrogen-bond acceptors (Lipinski definition) is 7. The first-order valence-corrected chi connectivity index (χ1v) is 6.54. The van der Waals surface area contributed by atoms with E-state index in [2.05, 4.69) is 20.1 Å². The summed E-state index contributed by atoms with van der Waals surface area (Å²) in [4.78, 5) is 12.8. The Morgan fingerprint density at radius 2 is 2.21 bits per heavy atom. The van der Waals surface area contributed by atoms with Gasteiger partial charge in [-0.05, 0) is 19.1 Å². The van der Waals surface area contributed by atoms with Gasteiger partial charge in [-0.15, -0.1) is 11.3 Å². The summed E-state index contributed by atoms with van der Waals surface area (Å²) in [7, 11) is 0. The molecule has 19 heavy (non-hydrogen) atoms. The lowest BCUT2D eigenvalue weighted by atomic mass is 10.3. The summed E-state index contributed by atoms with van der Waals surface area (Å²) in [6.07, 6.45) is 2.13. The molecule has 3 heterocycles. The van der Waals surface area contributed by atoms with Gasteiger partial charge in [0.1, 0.15) is 10.7 Å². The van der Waals surface area contributed by atoms with Crippen LogP contribution in [0.2, 0.25) is 0 Å². The third-order valence-electron chi connectivity index (χ3n) is 2.45. The van der Waals surface area contributed by atoms with Crippen molar-refractivity contribution in [3.05, 3.63) is 40.2 Å². The zero-order valence-corrected chi connectivity index (χ0v) is 11.0. The number of pyridine rings is 1. The maximum absolute atomic E-state index is 5.58. The SMILES string of the molecule is Cc1csc(Cc2noc(-c3ccc(N)cn3)n2)n1. The van der Waals surface area contributed by atoms with Crippen molar-refractivity contribution in [3.8, 4) is 11.6 Å². The van der Waals surface area contributed by atoms with E-state index in [4.69, 9.17) is 10.3 Å². The minimum Gasteiger partial charge on any atom is -0.397 e. The van der Waals surface area contributed by atoms with Crippen LogP contribution in [0.4, 0.5) is 5.69 Å². The molecule has 96 valence electrons. The van der Waals surface area contributed by atoms with Crippen molar-refractivity contribution < 1.29 is 4.52 Å². The second kappa shape index (κ2) is 4.77. The Hall–Kier alpha value is -2.28. The standard InChI is InChI=1S/C12H11N5OS/c1-7-6-19-11(15-7)4-10-16-12(18-17-10)9-3-2-8(13)5-14-9/h2-3,5-6H,4,13H2,1H3. The summed E-state index contributed by atoms with van der Waals surface area (Å²) in [6, 6.07) is 3.50. The molecule has 0 aromatic carbocycles. The lowest BCUT2D eigenvalue weighted by Crippen LogP contribution is -1.91. The van der Waals surface area contributed by atoms with Gasteiger partial charge in [0.2, 0.25) is 0 Å². The molecule has 3 aromatic heterocycles. The zero-order valence-electron chi connectivity index (χ0n) is 10.2. The fourth-order valence-corrected chi connectivity index (χ4v) is 2.35. The van der Waals surface area contributed by atoms with Crippen molar-refractivity contribution in [1.29, 1.82) is 0 Å². The van der Waals surface area contributed by atoms with E-state index in [1.807, 2.05) is 12.3 Å². The Bertz CT molecular complexity index is 688. The van der Waals surface area contributed by atoms with Gasteiger partial charge in [-0.3, -0.25) is 0 Å². The predicted octanol–water partition coefficient (Wildman–Crippen LogP) is 2.07. The van der Waals surface area contributed by atoms with Crippen LogP contribution < -0.4 is 5.73 Å². The maximum atomic E-state index is 5.58. The highest BCUT2D eigenvalue weighted by Gasteiger charge is 2.11. The number of nitrogen functional groups attached to an aromatic ring is 1. The smallest absolute Gasteiger partial charge is 0.276 e. The molecule has 0 atom stereocenters. The van der Waals surface area contributed by atoms with Crippen molar-refractivity contribution in [2.75, 3.05) is 5.73 Å². The molecule has 3 aromatic rings. The van der Waals surface area contributed by atoms with Crippen LogP contribution in [0, 0.1) is 6.92 Å². The lowest BCUT2D eigenvalue weighted by molar-refractivity contribution is 0.422. The minimum atomic E-state index is 0.392. The number of rotatable bonds is 3. The number of nitrogens with two attached hydrogens (primary N) is 1. The average molecular weight is 273 g/mol. The van der Waals surface area contributed by atoms with Crippen molar-refractivity contribution in [2.45, 2.75) is 13.3 Å². The molecule has 0 bridgehead atoms. The first-order valence-electron chi connectivity index (χ1n) is 5.66. The minimum absolute atomic E-state index is 0.392. The predicted molar refractivity (Wildman–Crippen MR) is 71.6 cm³/mol. The monoisotopic (exact) mass is 273 g/mol. The molecule has 0 saturated carbocycles. The number of nitrogens with zero attached hydrogens (tertiary/aromatic N) is 4. The summed E-state index contributed by atoms with van der Waals surface area (Å²) in [6.45, 7) is 1.96. The molecule has 2 N–H and O–H groups in total. The molecule has 0 saturated heterocycles. The maximum Gasteiger partial charge on any atom is 0.276 e. The van der Waals surface area contributed by atoms with Crippen molar-refractivity contribution >= 4 is 17.0 Å². The molecule has 3 rings (SSSR count). The van der Waals surface area contributed by atoms with Gasteiger partial charge in [-0.25, -0.2) is 9.97 Å². The van der Waals surface area contributed by atoms with Gasteiger partial charge in [-0.2, -0.15) is 4.98 Å². The Kier molecular flexibility index (Phi) is 2.96. The second-order valence-corrected chi connectivity index (χ2v) is 4.99. The van der Waals surface area contributed by atoms with E-state index in [1.165, 1.54) is 0 Å². The van der Waals surface area contributed by atoms with Crippen LogP contribution in [0.25, 0.3) is 11.6 Å². The highest BCUT2D eigenvalue weighted by atomic mass is 32.1. The first kappa shape index (κ1) is 11.8. The van der Waals surface area contributed by atoms with Gasteiger partial charge in [0.05, 0.1) is 18.3 Å². The summed E-state index contributed by atoms with van der Waals surface area (Å²) >= 11 is 1.59. The summed E-state index contributed by atoms with van der Waals surface area (Å²) in [5, 5.41) is 6.89. The number of aromatic nitrogens is 4. The Labute approximate surface area is 113 Å². The molecule has 0 fully saturated rings. The normalized spacial score (nSPS) is 10.8. The van der Waals surface area contributed by atoms with Crippen LogP contribution in [0.1, 0.15) is 16.5 Å². The first-order chi connectivity index (χ1) is 9.20. The molecule has 0 aliphatic rings. The van der Waals surface area contributed by atoms with Gasteiger partial charge in [0.25, 0.3) is 5.89 Å². The summed E-state index contributed by atoms with van der Waals surface area (Å²) in [5.74, 6) is 0.992. The van der Waals surface area contributed by atoms with E-state index in [0.717, 1.165) is 10.7 Å². The molecule has 7 heteroatoms. The highest BCUT2D eigenvalue weighted by molar-refractivity contribution is 7.09. The van der Waals surface area contributed by atoms with Gasteiger partial charge in [-0.1, -0.05) is 5.16 Å². The Balaban J connectivity index is 1.81. The molecule has 0 unspecified atom stereocenters. The molecule has 0 aliphatic carbocycles. The fourth-order valence-electron chi connectivity index (χ4n) is 1.58. The summed E-state index contributed by atoms with van der Waals surface area (Å²) in [5.41, 5.74) is 7.80. The van der Waals surface area contributed by atoms with Crippen molar-refractivity contribution in [2.24, 2.45) is 0 Å². The molecular formula is C12H11N5OS. The van der Waals surface area contributed by atoms with Crippen LogP contribution in [0.5, 0.6) is 0 Å².